The Bertz CT molecular complexity index is 1020. The zero-order valence-corrected chi connectivity index (χ0v) is 17.0. The van der Waals surface area contributed by atoms with Crippen LogP contribution >= 0.6 is 11.3 Å². The number of hydrogen-bond acceptors (Lipinski definition) is 6. The van der Waals surface area contributed by atoms with Gasteiger partial charge in [-0.05, 0) is 38.8 Å². The largest absolute Gasteiger partial charge is 0.395 e. The smallest absolute Gasteiger partial charge is 0.257 e. The van der Waals surface area contributed by atoms with Gasteiger partial charge in [0.1, 0.15) is 0 Å². The SMILES string of the molecule is Cc1cc(-c2ccnc(-n3ncc(C(=O)N(C)CCO)c3C3CC3)n2)c(C)s1. The Morgan fingerprint density at radius 3 is 2.82 bits per heavy atom. The average molecular weight is 398 g/mol. The topological polar surface area (TPSA) is 84.1 Å². The predicted octanol–water partition coefficient (Wildman–Crippen LogP) is 2.95. The zero-order valence-electron chi connectivity index (χ0n) is 16.2. The third kappa shape index (κ3) is 3.45. The molecule has 8 heteroatoms. The number of likely N-dealkylation sites (N-methyl/N-ethyl adjacent to an activating group) is 1. The number of aromatic nitrogens is 4. The molecule has 1 fully saturated rings. The van der Waals surface area contributed by atoms with E-state index in [0.717, 1.165) is 29.8 Å². The molecule has 28 heavy (non-hydrogen) atoms. The molecule has 3 heterocycles. The molecule has 0 spiro atoms. The summed E-state index contributed by atoms with van der Waals surface area (Å²) in [6, 6.07) is 4.04. The van der Waals surface area contributed by atoms with Crippen LogP contribution in [0.4, 0.5) is 0 Å². The first-order chi connectivity index (χ1) is 13.5. The monoisotopic (exact) mass is 397 g/mol. The van der Waals surface area contributed by atoms with Crippen LogP contribution in [0, 0.1) is 13.8 Å². The molecule has 3 aromatic rings. The second-order valence-corrected chi connectivity index (χ2v) is 8.61. The number of nitrogens with zero attached hydrogens (tertiary/aromatic N) is 5. The fourth-order valence-corrected chi connectivity index (χ4v) is 4.31. The number of aryl methyl sites for hydroxylation is 2. The lowest BCUT2D eigenvalue weighted by Gasteiger charge is -2.16. The van der Waals surface area contributed by atoms with Gasteiger partial charge in [0.2, 0.25) is 0 Å². The molecule has 1 N–H and O–H groups in total. The van der Waals surface area contributed by atoms with Gasteiger partial charge in [-0.3, -0.25) is 4.79 Å². The summed E-state index contributed by atoms with van der Waals surface area (Å²) in [6.07, 6.45) is 5.39. The van der Waals surface area contributed by atoms with Gasteiger partial charge in [0, 0.05) is 41.0 Å². The number of carbonyl (C=O) groups excluding carboxylic acids is 1. The van der Waals surface area contributed by atoms with Crippen LogP contribution in [0.3, 0.4) is 0 Å². The molecule has 0 aromatic carbocycles. The summed E-state index contributed by atoms with van der Waals surface area (Å²) in [5.74, 6) is 0.635. The van der Waals surface area contributed by atoms with E-state index < -0.39 is 0 Å². The maximum atomic E-state index is 12.8. The van der Waals surface area contributed by atoms with Gasteiger partial charge < -0.3 is 10.0 Å². The predicted molar refractivity (Wildman–Crippen MR) is 108 cm³/mol. The number of aliphatic hydroxyl groups is 1. The van der Waals surface area contributed by atoms with Crippen molar-refractivity contribution in [1.29, 1.82) is 0 Å². The molecule has 1 aliphatic rings. The third-order valence-electron chi connectivity index (χ3n) is 4.93. The number of rotatable bonds is 6. The van der Waals surface area contributed by atoms with Crippen LogP contribution in [0.5, 0.6) is 0 Å². The van der Waals surface area contributed by atoms with Crippen LogP contribution < -0.4 is 0 Å². The highest BCUT2D eigenvalue weighted by Gasteiger charge is 2.34. The molecule has 0 aliphatic heterocycles. The molecule has 0 unspecified atom stereocenters. The van der Waals surface area contributed by atoms with E-state index in [1.165, 1.54) is 14.7 Å². The van der Waals surface area contributed by atoms with Gasteiger partial charge >= 0.3 is 0 Å². The lowest BCUT2D eigenvalue weighted by molar-refractivity contribution is 0.0765. The number of amides is 1. The minimum absolute atomic E-state index is 0.0697. The van der Waals surface area contributed by atoms with Crippen LogP contribution in [-0.4, -0.2) is 55.9 Å². The summed E-state index contributed by atoms with van der Waals surface area (Å²) in [4.78, 5) is 25.9. The van der Waals surface area contributed by atoms with Crippen LogP contribution in [-0.2, 0) is 0 Å². The Labute approximate surface area is 167 Å². The molecule has 7 nitrogen and oxygen atoms in total. The number of aliphatic hydroxyl groups excluding tert-OH is 1. The van der Waals surface area contributed by atoms with Crippen molar-refractivity contribution in [1.82, 2.24) is 24.6 Å². The van der Waals surface area contributed by atoms with Crippen molar-refractivity contribution in [2.45, 2.75) is 32.6 Å². The van der Waals surface area contributed by atoms with Crippen LogP contribution in [0.2, 0.25) is 0 Å². The fourth-order valence-electron chi connectivity index (χ4n) is 3.37. The van der Waals surface area contributed by atoms with Gasteiger partial charge in [-0.1, -0.05) is 0 Å². The zero-order chi connectivity index (χ0) is 19.8. The molecule has 0 radical (unpaired) electrons. The molecule has 0 bridgehead atoms. The highest BCUT2D eigenvalue weighted by atomic mass is 32.1. The van der Waals surface area contributed by atoms with E-state index in [0.29, 0.717) is 17.4 Å². The van der Waals surface area contributed by atoms with E-state index in [-0.39, 0.29) is 19.1 Å². The van der Waals surface area contributed by atoms with E-state index >= 15 is 0 Å². The molecule has 4 rings (SSSR count). The van der Waals surface area contributed by atoms with Crippen molar-refractivity contribution in [2.24, 2.45) is 0 Å². The van der Waals surface area contributed by atoms with Gasteiger partial charge in [-0.2, -0.15) is 5.10 Å². The Hall–Kier alpha value is -2.58. The van der Waals surface area contributed by atoms with Crippen LogP contribution in [0.25, 0.3) is 17.2 Å². The minimum atomic E-state index is -0.136. The van der Waals surface area contributed by atoms with Gasteiger partial charge in [0.25, 0.3) is 11.9 Å². The Balaban J connectivity index is 1.75. The normalized spacial score (nSPS) is 13.7. The highest BCUT2D eigenvalue weighted by Crippen LogP contribution is 2.42. The summed E-state index contributed by atoms with van der Waals surface area (Å²) in [5.41, 5.74) is 3.39. The Morgan fingerprint density at radius 1 is 1.39 bits per heavy atom. The van der Waals surface area contributed by atoms with Crippen molar-refractivity contribution in [3.8, 4) is 17.2 Å². The van der Waals surface area contributed by atoms with Crippen molar-refractivity contribution >= 4 is 17.2 Å². The average Bonchev–Trinajstić information content (AvgIpc) is 3.33. The summed E-state index contributed by atoms with van der Waals surface area (Å²) in [7, 11) is 1.69. The van der Waals surface area contributed by atoms with Crippen molar-refractivity contribution < 1.29 is 9.90 Å². The van der Waals surface area contributed by atoms with Crippen molar-refractivity contribution in [2.75, 3.05) is 20.2 Å². The van der Waals surface area contributed by atoms with Gasteiger partial charge in [-0.15, -0.1) is 11.3 Å². The Morgan fingerprint density at radius 2 is 2.18 bits per heavy atom. The summed E-state index contributed by atoms with van der Waals surface area (Å²) in [5, 5.41) is 13.6. The van der Waals surface area contributed by atoms with E-state index in [1.807, 2.05) is 6.07 Å². The molecule has 1 aliphatic carbocycles. The quantitative estimate of drug-likeness (QED) is 0.691. The van der Waals surface area contributed by atoms with E-state index in [4.69, 9.17) is 10.1 Å². The first-order valence-electron chi connectivity index (χ1n) is 9.34. The Kier molecular flexibility index (Phi) is 4.99. The van der Waals surface area contributed by atoms with Gasteiger partial charge in [0.15, 0.2) is 0 Å². The van der Waals surface area contributed by atoms with E-state index in [9.17, 15) is 4.79 Å². The second-order valence-electron chi connectivity index (χ2n) is 7.15. The molecule has 146 valence electrons. The lowest BCUT2D eigenvalue weighted by Crippen LogP contribution is -2.30. The molecular weight excluding hydrogens is 374 g/mol. The molecular formula is C20H23N5O2S. The molecule has 0 saturated heterocycles. The van der Waals surface area contributed by atoms with E-state index in [1.54, 1.807) is 35.5 Å². The maximum Gasteiger partial charge on any atom is 0.257 e. The molecule has 1 saturated carbocycles. The maximum absolute atomic E-state index is 12.8. The molecule has 0 atom stereocenters. The highest BCUT2D eigenvalue weighted by molar-refractivity contribution is 7.12. The first-order valence-corrected chi connectivity index (χ1v) is 10.2. The third-order valence-corrected chi connectivity index (χ3v) is 5.90. The molecule has 3 aromatic heterocycles. The molecule has 1 amide bonds. The van der Waals surface area contributed by atoms with Crippen LogP contribution in [0.1, 0.15) is 44.6 Å². The van der Waals surface area contributed by atoms with Crippen molar-refractivity contribution in [3.05, 3.63) is 45.5 Å². The summed E-state index contributed by atoms with van der Waals surface area (Å²) >= 11 is 1.75. The summed E-state index contributed by atoms with van der Waals surface area (Å²) < 4.78 is 1.70. The van der Waals surface area contributed by atoms with Crippen LogP contribution in [0.15, 0.2) is 24.5 Å². The van der Waals surface area contributed by atoms with Crippen molar-refractivity contribution in [3.63, 3.8) is 0 Å². The fraction of sp³-hybridized carbons (Fsp3) is 0.400. The second kappa shape index (κ2) is 7.44. The number of hydrogen-bond donors (Lipinski definition) is 1. The number of thiophene rings is 1. The number of carbonyl (C=O) groups is 1. The van der Waals surface area contributed by atoms with Gasteiger partial charge in [0.05, 0.1) is 29.8 Å². The first kappa shape index (κ1) is 18.8. The summed E-state index contributed by atoms with van der Waals surface area (Å²) in [6.45, 7) is 4.39. The minimum Gasteiger partial charge on any atom is -0.395 e. The standard InChI is InChI=1S/C20H23N5O2S/c1-12-10-15(13(2)28-12)17-6-7-21-20(23-17)25-18(14-4-5-14)16(11-22-25)19(27)24(3)8-9-26/h6-7,10-11,14,26H,4-5,8-9H2,1-3H3. The van der Waals surface area contributed by atoms with E-state index in [2.05, 4.69) is 30.0 Å². The lowest BCUT2D eigenvalue weighted by atomic mass is 10.1. The van der Waals surface area contributed by atoms with Gasteiger partial charge in [-0.25, -0.2) is 14.6 Å².